The molecular weight excluding hydrogens is 436 g/mol. The molecule has 0 atom stereocenters. The van der Waals surface area contributed by atoms with Gasteiger partial charge in [-0.2, -0.15) is 0 Å². The van der Waals surface area contributed by atoms with E-state index in [0.717, 1.165) is 5.39 Å². The number of phenols is 1. The van der Waals surface area contributed by atoms with Crippen molar-refractivity contribution in [2.45, 2.75) is 0 Å². The first-order chi connectivity index (χ1) is 9.38. The van der Waals surface area contributed by atoms with Crippen LogP contribution in [0.2, 0.25) is 0 Å². The van der Waals surface area contributed by atoms with Gasteiger partial charge in [0.25, 0.3) is 0 Å². The zero-order valence-electron chi connectivity index (χ0n) is 9.87. The van der Waals surface area contributed by atoms with Gasteiger partial charge in [-0.25, -0.2) is 0 Å². The van der Waals surface area contributed by atoms with E-state index in [0.29, 0.717) is 5.52 Å². The topological polar surface area (TPSA) is 113 Å². The molecule has 0 spiro atoms. The first kappa shape index (κ1) is 26.6. The van der Waals surface area contributed by atoms with Gasteiger partial charge in [0, 0.05) is 32.0 Å². The van der Waals surface area contributed by atoms with E-state index < -0.39 is 0 Å². The van der Waals surface area contributed by atoms with Crippen LogP contribution in [0.25, 0.3) is 10.9 Å². The van der Waals surface area contributed by atoms with Crippen LogP contribution < -0.4 is 0 Å². The summed E-state index contributed by atoms with van der Waals surface area (Å²) in [4.78, 5) is 4.03. The molecule has 0 aliphatic carbocycles. The Bertz CT molecular complexity index is 519. The molecule has 0 aliphatic heterocycles. The first-order valence-corrected chi connectivity index (χ1v) is 4.22. The van der Waals surface area contributed by atoms with Gasteiger partial charge in [0.05, 0.1) is 0 Å². The molecule has 0 saturated heterocycles. The Balaban J connectivity index is -0.000000124. The number of pyridine rings is 1. The van der Waals surface area contributed by atoms with Crippen molar-refractivity contribution in [1.82, 2.24) is 4.98 Å². The predicted molar refractivity (Wildman–Crippen MR) is 59.1 cm³/mol. The number of hydrogen-bond acceptors (Lipinski definition) is 2. The Morgan fingerprint density at radius 2 is 1.25 bits per heavy atom. The Labute approximate surface area is 129 Å². The Morgan fingerprint density at radius 3 is 1.70 bits per heavy atom. The zero-order valence-corrected chi connectivity index (χ0v) is 12.6. The average molecular weight is 443 g/mol. The summed E-state index contributed by atoms with van der Waals surface area (Å²) in [7, 11) is 0. The van der Waals surface area contributed by atoms with Gasteiger partial charge in [0.15, 0.2) is 0 Å². The smallest absolute Gasteiger partial charge is 0 e. The molecule has 0 bridgehead atoms. The maximum atomic E-state index is 9.31. The zero-order chi connectivity index (χ0) is 15.7. The summed E-state index contributed by atoms with van der Waals surface area (Å²) in [5.74, 6) is 0.239. The number of aromatic nitrogens is 1. The Hall–Kier alpha value is -1.95. The van der Waals surface area contributed by atoms with Crippen LogP contribution >= 0.6 is 0 Å². The van der Waals surface area contributed by atoms with E-state index in [1.807, 2.05) is 18.2 Å². The summed E-state index contributed by atoms with van der Waals surface area (Å²) in [6, 6.07) is 9.13. The molecule has 0 unspecified atom stereocenters. The molecule has 1 aromatic heterocycles. The summed E-state index contributed by atoms with van der Waals surface area (Å²) < 4.78 is 30.0. The predicted octanol–water partition coefficient (Wildman–Crippen LogP) is 1.79. The number of rotatable bonds is 0. The van der Waals surface area contributed by atoms with Crippen molar-refractivity contribution in [2.24, 2.45) is 0 Å². The van der Waals surface area contributed by atoms with Crippen LogP contribution in [0.5, 0.6) is 5.75 Å². The van der Waals surface area contributed by atoms with Crippen molar-refractivity contribution in [3.05, 3.63) is 63.1 Å². The van der Waals surface area contributed by atoms with Gasteiger partial charge < -0.3 is 5.11 Å². The molecule has 101 valence electrons. The fourth-order valence-corrected chi connectivity index (χ4v) is 1.09. The van der Waals surface area contributed by atoms with E-state index in [4.69, 9.17) is 18.6 Å². The van der Waals surface area contributed by atoms with Crippen molar-refractivity contribution in [3.8, 4) is 5.75 Å². The first-order valence-electron chi connectivity index (χ1n) is 4.22. The molecule has 1 aromatic carbocycles. The Morgan fingerprint density at radius 1 is 0.800 bits per heavy atom. The molecule has 7 heteroatoms. The van der Waals surface area contributed by atoms with Gasteiger partial charge in [-0.15, -0.1) is 0 Å². The van der Waals surface area contributed by atoms with E-state index in [1.54, 1.807) is 18.3 Å². The molecule has 1 heterocycles. The molecule has 2 aromatic rings. The third-order valence-corrected chi connectivity index (χ3v) is 1.61. The molecule has 0 fully saturated rings. The number of aromatic hydroxyl groups is 1. The van der Waals surface area contributed by atoms with E-state index in [9.17, 15) is 5.11 Å². The quantitative estimate of drug-likeness (QED) is 0.494. The second-order valence-electron chi connectivity index (χ2n) is 2.35. The van der Waals surface area contributed by atoms with Crippen molar-refractivity contribution >= 4 is 10.9 Å². The second-order valence-corrected chi connectivity index (χ2v) is 2.35. The normalized spacial score (nSPS) is 6.00. The molecule has 0 saturated carbocycles. The monoisotopic (exact) mass is 444 g/mol. The molecule has 1 N–H and O–H groups in total. The number of para-hydroxylation sites is 1. The fraction of sp³-hybridized carbons (Fsp3) is 0. The van der Waals surface area contributed by atoms with E-state index in [2.05, 4.69) is 31.6 Å². The summed E-state index contributed by atoms with van der Waals surface area (Å²) in [5.41, 5.74) is 0.662. The van der Waals surface area contributed by atoms with Crippen LogP contribution in [0, 0.1) is 26.6 Å². The maximum Gasteiger partial charge on any atom is 0 e. The minimum absolute atomic E-state index is 0. The summed E-state index contributed by atoms with van der Waals surface area (Å²) in [5, 5.41) is 10.3. The van der Waals surface area contributed by atoms with Crippen molar-refractivity contribution < 1.29 is 44.1 Å². The Kier molecular flexibility index (Phi) is 29.6. The average Bonchev–Trinajstić information content (AvgIpc) is 2.56. The van der Waals surface area contributed by atoms with Crippen molar-refractivity contribution in [2.75, 3.05) is 0 Å². The summed E-state index contributed by atoms with van der Waals surface area (Å²) >= 11 is 0. The molecular formula is C13H7NO5Re. The van der Waals surface area contributed by atoms with Crippen LogP contribution in [0.1, 0.15) is 0 Å². The van der Waals surface area contributed by atoms with Crippen LogP contribution in [0.4, 0.5) is 0 Å². The molecule has 20 heavy (non-hydrogen) atoms. The number of hydrogen-bond donors (Lipinski definition) is 1. The van der Waals surface area contributed by atoms with Gasteiger partial charge in [0.2, 0.25) is 0 Å². The minimum atomic E-state index is 0. The van der Waals surface area contributed by atoms with Crippen LogP contribution in [0.15, 0.2) is 36.5 Å². The van der Waals surface area contributed by atoms with Gasteiger partial charge in [0.1, 0.15) is 11.3 Å². The van der Waals surface area contributed by atoms with Crippen LogP contribution in [0.3, 0.4) is 0 Å². The number of phenolic OH excluding ortho intramolecular Hbond substituents is 1. The van der Waals surface area contributed by atoms with E-state index >= 15 is 0 Å². The van der Waals surface area contributed by atoms with Crippen LogP contribution in [-0.4, -0.2) is 10.1 Å². The van der Waals surface area contributed by atoms with Gasteiger partial charge in [-0.1, -0.05) is 18.2 Å². The van der Waals surface area contributed by atoms with Crippen LogP contribution in [-0.2, 0) is 39.0 Å². The largest absolute Gasteiger partial charge is 0 e. The molecule has 6 nitrogen and oxygen atoms in total. The molecule has 2 rings (SSSR count). The van der Waals surface area contributed by atoms with Gasteiger partial charge in [-0.05, 0) is 12.1 Å². The number of fused-ring (bicyclic) bond motifs is 1. The number of benzene rings is 1. The molecule has 0 aliphatic rings. The molecule has 0 amide bonds. The SMILES string of the molecule is Oc1cccc2cccnc12.[C-]#[O+].[C-]#[O+].[C-]#[O+].[C-]#[O+].[Re]. The maximum absolute atomic E-state index is 9.31. The summed E-state index contributed by atoms with van der Waals surface area (Å²) in [6.45, 7) is 18.0. The van der Waals surface area contributed by atoms with Crippen molar-refractivity contribution in [1.29, 1.82) is 0 Å². The van der Waals surface area contributed by atoms with E-state index in [1.165, 1.54) is 0 Å². The fourth-order valence-electron chi connectivity index (χ4n) is 1.09. The third-order valence-electron chi connectivity index (χ3n) is 1.61. The van der Waals surface area contributed by atoms with E-state index in [-0.39, 0.29) is 26.2 Å². The minimum Gasteiger partial charge on any atom is 0 e. The summed E-state index contributed by atoms with van der Waals surface area (Å²) in [6.07, 6.45) is 1.67. The van der Waals surface area contributed by atoms with Crippen molar-refractivity contribution in [3.63, 3.8) is 0 Å². The second kappa shape index (κ2) is 22.3. The van der Waals surface area contributed by atoms with Gasteiger partial charge >= 0.3 is 45.2 Å². The van der Waals surface area contributed by atoms with Gasteiger partial charge in [-0.3, -0.25) is 4.98 Å². The third kappa shape index (κ3) is 10.0. The molecule has 1 radical (unpaired) electrons. The standard InChI is InChI=1S/C9H7NO.4CO.Re/c11-8-5-1-3-7-4-2-6-10-9(7)8;4*1-2;/h1-6,11H;;;;;. The number of nitrogens with zero attached hydrogens (tertiary/aromatic N) is 1.